The molecule has 0 saturated carbocycles. The summed E-state index contributed by atoms with van der Waals surface area (Å²) < 4.78 is 0. The van der Waals surface area contributed by atoms with Crippen molar-refractivity contribution in [2.75, 3.05) is 0 Å². The summed E-state index contributed by atoms with van der Waals surface area (Å²) in [6.07, 6.45) is 0.677. The summed E-state index contributed by atoms with van der Waals surface area (Å²) in [6, 6.07) is 26.9. The topological polar surface area (TPSA) is 19.9 Å². The average molecular weight is 307 g/mol. The summed E-state index contributed by atoms with van der Waals surface area (Å²) in [5, 5.41) is 19.7. The van der Waals surface area contributed by atoms with Crippen LogP contribution in [0.25, 0.3) is 32.3 Å². The quantitative estimate of drug-likeness (QED) is 0.340. The molecule has 0 aliphatic heterocycles. The smallest absolute Gasteiger partial charge is 0.190 e. The maximum Gasteiger partial charge on any atom is 0.190 e. The van der Waals surface area contributed by atoms with Gasteiger partial charge in [-0.1, -0.05) is 66.7 Å². The lowest BCUT2D eigenvalue weighted by molar-refractivity contribution is 0.356. The fourth-order valence-electron chi connectivity index (χ4n) is 3.79. The van der Waals surface area contributed by atoms with Crippen LogP contribution in [-0.4, -0.2) is 0 Å². The number of rotatable bonds is 2. The van der Waals surface area contributed by atoms with Gasteiger partial charge in [0.15, 0.2) is 5.75 Å². The van der Waals surface area contributed by atoms with E-state index in [0.29, 0.717) is 6.42 Å². The van der Waals surface area contributed by atoms with Crippen LogP contribution in [0.15, 0.2) is 78.9 Å². The largest absolute Gasteiger partial charge is 0.289 e. The Morgan fingerprint density at radius 1 is 0.625 bits per heavy atom. The lowest BCUT2D eigenvalue weighted by Crippen LogP contribution is -1.91. The standard InChI is InChI=1S/C23H15O/c24-23-19(13-15-5-2-1-3-6-15)14-18-10-9-16-7-4-8-17-11-12-20(23)22(18)21(16)17/h1-12,14H,13H2. The van der Waals surface area contributed by atoms with Crippen LogP contribution in [0, 0.1) is 0 Å². The summed E-state index contributed by atoms with van der Waals surface area (Å²) >= 11 is 0. The van der Waals surface area contributed by atoms with Crippen molar-refractivity contribution < 1.29 is 5.11 Å². The van der Waals surface area contributed by atoms with Crippen LogP contribution in [0.5, 0.6) is 5.75 Å². The second kappa shape index (κ2) is 4.97. The molecule has 5 aromatic carbocycles. The van der Waals surface area contributed by atoms with Gasteiger partial charge in [-0.05, 0) is 39.2 Å². The minimum Gasteiger partial charge on any atom is -0.289 e. The molecule has 24 heavy (non-hydrogen) atoms. The van der Waals surface area contributed by atoms with Crippen molar-refractivity contribution in [3.05, 3.63) is 90.0 Å². The fraction of sp³-hybridized carbons (Fsp3) is 0.0435. The van der Waals surface area contributed by atoms with Gasteiger partial charge in [0, 0.05) is 22.8 Å². The van der Waals surface area contributed by atoms with E-state index in [1.54, 1.807) is 0 Å². The molecule has 5 rings (SSSR count). The first-order chi connectivity index (χ1) is 11.8. The van der Waals surface area contributed by atoms with E-state index >= 15 is 0 Å². The van der Waals surface area contributed by atoms with Crippen LogP contribution in [-0.2, 0) is 11.5 Å². The summed E-state index contributed by atoms with van der Waals surface area (Å²) in [4.78, 5) is 0. The molecule has 0 aliphatic rings. The molecule has 0 aliphatic carbocycles. The Bertz CT molecular complexity index is 1160. The molecule has 0 heterocycles. The first-order valence-electron chi connectivity index (χ1n) is 8.21. The van der Waals surface area contributed by atoms with E-state index in [1.807, 2.05) is 24.3 Å². The van der Waals surface area contributed by atoms with E-state index in [2.05, 4.69) is 54.6 Å². The van der Waals surface area contributed by atoms with Crippen LogP contribution >= 0.6 is 0 Å². The van der Waals surface area contributed by atoms with E-state index in [-0.39, 0.29) is 5.75 Å². The maximum atomic E-state index is 13.0. The Balaban J connectivity index is 1.83. The maximum absolute atomic E-state index is 13.0. The van der Waals surface area contributed by atoms with Crippen molar-refractivity contribution >= 4 is 32.3 Å². The van der Waals surface area contributed by atoms with Crippen molar-refractivity contribution in [2.45, 2.75) is 6.42 Å². The zero-order valence-corrected chi connectivity index (χ0v) is 13.1. The number of hydrogen-bond acceptors (Lipinski definition) is 0. The van der Waals surface area contributed by atoms with Crippen molar-refractivity contribution in [2.24, 2.45) is 0 Å². The van der Waals surface area contributed by atoms with Gasteiger partial charge < -0.3 is 0 Å². The van der Waals surface area contributed by atoms with Gasteiger partial charge in [0.1, 0.15) is 0 Å². The van der Waals surface area contributed by atoms with Gasteiger partial charge >= 0.3 is 0 Å². The van der Waals surface area contributed by atoms with Crippen molar-refractivity contribution in [1.82, 2.24) is 0 Å². The normalized spacial score (nSPS) is 11.7. The highest BCUT2D eigenvalue weighted by Gasteiger charge is 2.15. The highest BCUT2D eigenvalue weighted by atomic mass is 16.3. The Hall–Kier alpha value is -3.06. The minimum atomic E-state index is 0.157. The van der Waals surface area contributed by atoms with Crippen LogP contribution in [0.2, 0.25) is 0 Å². The SMILES string of the molecule is [O]c1c(Cc2ccccc2)cc2ccc3cccc4ccc1c2c34. The molecular weight excluding hydrogens is 292 g/mol. The zero-order valence-electron chi connectivity index (χ0n) is 13.1. The lowest BCUT2D eigenvalue weighted by atomic mass is 9.91. The molecule has 1 nitrogen and oxygen atoms in total. The molecule has 0 unspecified atom stereocenters. The molecule has 0 aromatic heterocycles. The molecule has 0 bridgehead atoms. The fourth-order valence-corrected chi connectivity index (χ4v) is 3.79. The lowest BCUT2D eigenvalue weighted by Gasteiger charge is -2.13. The van der Waals surface area contributed by atoms with Gasteiger partial charge in [-0.15, -0.1) is 0 Å². The third-order valence-electron chi connectivity index (χ3n) is 4.91. The van der Waals surface area contributed by atoms with Crippen LogP contribution in [0.3, 0.4) is 0 Å². The third-order valence-corrected chi connectivity index (χ3v) is 4.91. The van der Waals surface area contributed by atoms with Crippen molar-refractivity contribution in [3.63, 3.8) is 0 Å². The zero-order chi connectivity index (χ0) is 16.1. The second-order valence-electron chi connectivity index (χ2n) is 6.38. The molecule has 113 valence electrons. The van der Waals surface area contributed by atoms with Gasteiger partial charge in [-0.25, -0.2) is 0 Å². The molecule has 0 fully saturated rings. The third kappa shape index (κ3) is 1.88. The molecule has 5 aromatic rings. The Labute approximate surface area is 140 Å². The summed E-state index contributed by atoms with van der Waals surface area (Å²) in [7, 11) is 0. The molecule has 0 saturated heterocycles. The van der Waals surface area contributed by atoms with E-state index in [0.717, 1.165) is 21.7 Å². The monoisotopic (exact) mass is 307 g/mol. The first kappa shape index (κ1) is 13.4. The molecule has 0 spiro atoms. The minimum absolute atomic E-state index is 0.157. The first-order valence-corrected chi connectivity index (χ1v) is 8.21. The predicted molar refractivity (Wildman–Crippen MR) is 99.5 cm³/mol. The van der Waals surface area contributed by atoms with Gasteiger partial charge in [-0.3, -0.25) is 5.11 Å². The predicted octanol–water partition coefficient (Wildman–Crippen LogP) is 6.32. The van der Waals surface area contributed by atoms with Crippen LogP contribution in [0.4, 0.5) is 0 Å². The summed E-state index contributed by atoms with van der Waals surface area (Å²) in [5.41, 5.74) is 2.04. The Morgan fingerprint density at radius 3 is 2.12 bits per heavy atom. The van der Waals surface area contributed by atoms with Crippen molar-refractivity contribution in [3.8, 4) is 5.75 Å². The van der Waals surface area contributed by atoms with Crippen molar-refractivity contribution in [1.29, 1.82) is 0 Å². The van der Waals surface area contributed by atoms with Gasteiger partial charge in [0.05, 0.1) is 0 Å². The van der Waals surface area contributed by atoms with Gasteiger partial charge in [0.25, 0.3) is 0 Å². The van der Waals surface area contributed by atoms with Gasteiger partial charge in [-0.2, -0.15) is 0 Å². The van der Waals surface area contributed by atoms with Crippen LogP contribution in [0.1, 0.15) is 11.1 Å². The molecule has 0 atom stereocenters. The van der Waals surface area contributed by atoms with E-state index in [1.165, 1.54) is 21.7 Å². The molecular formula is C23H15O. The highest BCUT2D eigenvalue weighted by Crippen LogP contribution is 2.40. The molecule has 1 radical (unpaired) electrons. The van der Waals surface area contributed by atoms with Gasteiger partial charge in [0.2, 0.25) is 0 Å². The number of hydrogen-bond donors (Lipinski definition) is 0. The molecule has 0 N–H and O–H groups in total. The molecule has 1 heteroatoms. The van der Waals surface area contributed by atoms with Crippen LogP contribution < -0.4 is 0 Å². The Kier molecular flexibility index (Phi) is 2.77. The molecule has 0 amide bonds. The number of benzene rings is 5. The summed E-state index contributed by atoms with van der Waals surface area (Å²) in [5.74, 6) is 0.157. The average Bonchev–Trinajstić information content (AvgIpc) is 2.63. The van der Waals surface area contributed by atoms with E-state index in [4.69, 9.17) is 0 Å². The second-order valence-corrected chi connectivity index (χ2v) is 6.38. The summed E-state index contributed by atoms with van der Waals surface area (Å²) in [6.45, 7) is 0. The Morgan fingerprint density at radius 2 is 1.33 bits per heavy atom. The van der Waals surface area contributed by atoms with E-state index in [9.17, 15) is 5.11 Å². The van der Waals surface area contributed by atoms with E-state index < -0.39 is 0 Å². The highest BCUT2D eigenvalue weighted by molar-refractivity contribution is 6.24.